The Balaban J connectivity index is 1.36. The van der Waals surface area contributed by atoms with Gasteiger partial charge in [-0.3, -0.25) is 10.1 Å². The zero-order chi connectivity index (χ0) is 19.3. The minimum absolute atomic E-state index is 0.0722. The number of ether oxygens (including phenoxy) is 1. The van der Waals surface area contributed by atoms with Crippen LogP contribution >= 0.6 is 22.9 Å². The second kappa shape index (κ2) is 8.42. The first-order valence-electron chi connectivity index (χ1n) is 8.77. The standard InChI is InChI=1S/C22H17ClN2O2S/c23-17-8-3-5-15(11-17)12-18-13-24-22(28-18)25-21(26)14-27-20-10-4-7-16-6-1-2-9-19(16)20/h1-11,13H,12,14H2,(H,24,25,26). The van der Waals surface area contributed by atoms with Gasteiger partial charge < -0.3 is 4.74 Å². The molecule has 1 aromatic heterocycles. The van der Waals surface area contributed by atoms with Crippen LogP contribution in [0.1, 0.15) is 10.4 Å². The summed E-state index contributed by atoms with van der Waals surface area (Å²) >= 11 is 7.47. The van der Waals surface area contributed by atoms with Crippen molar-refractivity contribution in [3.8, 4) is 5.75 Å². The topological polar surface area (TPSA) is 51.2 Å². The smallest absolute Gasteiger partial charge is 0.264 e. The molecule has 0 atom stereocenters. The number of halogens is 1. The molecule has 1 amide bonds. The second-order valence-electron chi connectivity index (χ2n) is 6.25. The van der Waals surface area contributed by atoms with Crippen molar-refractivity contribution >= 4 is 44.7 Å². The van der Waals surface area contributed by atoms with Crippen LogP contribution in [0.5, 0.6) is 5.75 Å². The van der Waals surface area contributed by atoms with Crippen LogP contribution < -0.4 is 10.1 Å². The maximum atomic E-state index is 12.2. The molecule has 1 heterocycles. The number of nitrogens with one attached hydrogen (secondary N) is 1. The van der Waals surface area contributed by atoms with E-state index in [1.165, 1.54) is 11.3 Å². The number of fused-ring (bicyclic) bond motifs is 1. The highest BCUT2D eigenvalue weighted by molar-refractivity contribution is 7.15. The molecule has 0 unspecified atom stereocenters. The van der Waals surface area contributed by atoms with Crippen LogP contribution in [0.4, 0.5) is 5.13 Å². The Bertz CT molecular complexity index is 1120. The molecular formula is C22H17ClN2O2S. The summed E-state index contributed by atoms with van der Waals surface area (Å²) in [4.78, 5) is 17.6. The van der Waals surface area contributed by atoms with E-state index in [-0.39, 0.29) is 12.5 Å². The number of anilines is 1. The van der Waals surface area contributed by atoms with Crippen molar-refractivity contribution in [2.24, 2.45) is 0 Å². The Kier molecular flexibility index (Phi) is 5.55. The molecule has 0 aliphatic heterocycles. The third-order valence-electron chi connectivity index (χ3n) is 4.18. The number of carbonyl (C=O) groups is 1. The normalized spacial score (nSPS) is 10.8. The van der Waals surface area contributed by atoms with Gasteiger partial charge in [0, 0.05) is 27.9 Å². The van der Waals surface area contributed by atoms with E-state index < -0.39 is 0 Å². The van der Waals surface area contributed by atoms with Gasteiger partial charge in [-0.25, -0.2) is 4.98 Å². The lowest BCUT2D eigenvalue weighted by Crippen LogP contribution is -2.20. The minimum atomic E-state index is -0.239. The van der Waals surface area contributed by atoms with E-state index in [1.807, 2.05) is 66.7 Å². The first kappa shape index (κ1) is 18.5. The average molecular weight is 409 g/mol. The quantitative estimate of drug-likeness (QED) is 0.454. The summed E-state index contributed by atoms with van der Waals surface area (Å²) < 4.78 is 5.72. The van der Waals surface area contributed by atoms with E-state index in [9.17, 15) is 4.79 Å². The van der Waals surface area contributed by atoms with Gasteiger partial charge in [0.15, 0.2) is 11.7 Å². The molecule has 0 spiro atoms. The molecule has 0 saturated heterocycles. The van der Waals surface area contributed by atoms with Crippen molar-refractivity contribution in [1.29, 1.82) is 0 Å². The molecule has 0 aliphatic carbocycles. The predicted octanol–water partition coefficient (Wildman–Crippen LogP) is 5.56. The van der Waals surface area contributed by atoms with Crippen molar-refractivity contribution in [2.75, 3.05) is 11.9 Å². The monoisotopic (exact) mass is 408 g/mol. The van der Waals surface area contributed by atoms with E-state index >= 15 is 0 Å². The lowest BCUT2D eigenvalue weighted by Gasteiger charge is -2.08. The van der Waals surface area contributed by atoms with Crippen LogP contribution in [0.2, 0.25) is 5.02 Å². The molecular weight excluding hydrogens is 392 g/mol. The van der Waals surface area contributed by atoms with E-state index in [1.54, 1.807) is 6.20 Å². The number of carbonyl (C=O) groups excluding carboxylic acids is 1. The van der Waals surface area contributed by atoms with Gasteiger partial charge in [-0.2, -0.15) is 0 Å². The molecule has 0 bridgehead atoms. The van der Waals surface area contributed by atoms with E-state index in [0.717, 1.165) is 27.6 Å². The van der Waals surface area contributed by atoms with E-state index in [0.29, 0.717) is 15.9 Å². The van der Waals surface area contributed by atoms with Gasteiger partial charge in [0.25, 0.3) is 5.91 Å². The number of benzene rings is 3. The van der Waals surface area contributed by atoms with Crippen LogP contribution in [-0.4, -0.2) is 17.5 Å². The van der Waals surface area contributed by atoms with Gasteiger partial charge >= 0.3 is 0 Å². The summed E-state index contributed by atoms with van der Waals surface area (Å²) in [7, 11) is 0. The Morgan fingerprint density at radius 2 is 1.89 bits per heavy atom. The van der Waals surface area contributed by atoms with E-state index in [2.05, 4.69) is 10.3 Å². The summed E-state index contributed by atoms with van der Waals surface area (Å²) in [6.07, 6.45) is 2.49. The number of rotatable bonds is 6. The van der Waals surface area contributed by atoms with Gasteiger partial charge in [-0.15, -0.1) is 11.3 Å². The molecule has 0 fully saturated rings. The van der Waals surface area contributed by atoms with Crippen molar-refractivity contribution in [3.05, 3.63) is 88.4 Å². The molecule has 0 radical (unpaired) electrons. The average Bonchev–Trinajstić information content (AvgIpc) is 3.13. The van der Waals surface area contributed by atoms with Gasteiger partial charge in [-0.1, -0.05) is 60.1 Å². The third-order valence-corrected chi connectivity index (χ3v) is 5.32. The fraction of sp³-hybridized carbons (Fsp3) is 0.0909. The number of aromatic nitrogens is 1. The Morgan fingerprint density at radius 1 is 1.07 bits per heavy atom. The molecule has 4 rings (SSSR count). The lowest BCUT2D eigenvalue weighted by atomic mass is 10.1. The van der Waals surface area contributed by atoms with E-state index in [4.69, 9.17) is 16.3 Å². The zero-order valence-corrected chi connectivity index (χ0v) is 16.5. The maximum Gasteiger partial charge on any atom is 0.264 e. The summed E-state index contributed by atoms with van der Waals surface area (Å²) in [6, 6.07) is 21.4. The third kappa shape index (κ3) is 4.50. The highest BCUT2D eigenvalue weighted by atomic mass is 35.5. The zero-order valence-electron chi connectivity index (χ0n) is 14.9. The Morgan fingerprint density at radius 3 is 2.79 bits per heavy atom. The summed E-state index contributed by atoms with van der Waals surface area (Å²) in [5.74, 6) is 0.450. The van der Waals surface area contributed by atoms with Gasteiger partial charge in [0.2, 0.25) is 0 Å². The fourth-order valence-corrected chi connectivity index (χ4v) is 3.99. The number of hydrogen-bond acceptors (Lipinski definition) is 4. The number of thiazole rings is 1. The minimum Gasteiger partial charge on any atom is -0.483 e. The highest BCUT2D eigenvalue weighted by Gasteiger charge is 2.09. The van der Waals surface area contributed by atoms with Gasteiger partial charge in [0.1, 0.15) is 5.75 Å². The first-order chi connectivity index (χ1) is 13.7. The molecule has 4 nitrogen and oxygen atoms in total. The molecule has 1 N–H and O–H groups in total. The molecule has 4 aromatic rings. The van der Waals surface area contributed by atoms with Crippen molar-refractivity contribution in [1.82, 2.24) is 4.98 Å². The van der Waals surface area contributed by atoms with Crippen molar-refractivity contribution < 1.29 is 9.53 Å². The Labute approximate surface area is 171 Å². The summed E-state index contributed by atoms with van der Waals surface area (Å²) in [5, 5.41) is 6.12. The van der Waals surface area contributed by atoms with Crippen molar-refractivity contribution in [2.45, 2.75) is 6.42 Å². The second-order valence-corrected chi connectivity index (χ2v) is 7.80. The lowest BCUT2D eigenvalue weighted by molar-refractivity contribution is -0.118. The Hall–Kier alpha value is -2.89. The molecule has 0 saturated carbocycles. The predicted molar refractivity (Wildman–Crippen MR) is 114 cm³/mol. The van der Waals surface area contributed by atoms with Gasteiger partial charge in [0.05, 0.1) is 0 Å². The van der Waals surface area contributed by atoms with Crippen LogP contribution in [-0.2, 0) is 11.2 Å². The number of amides is 1. The molecule has 6 heteroatoms. The van der Waals surface area contributed by atoms with Crippen LogP contribution in [0.25, 0.3) is 10.8 Å². The van der Waals surface area contributed by atoms with Crippen LogP contribution in [0.15, 0.2) is 72.9 Å². The van der Waals surface area contributed by atoms with Crippen LogP contribution in [0, 0.1) is 0 Å². The summed E-state index contributed by atoms with van der Waals surface area (Å²) in [6.45, 7) is -0.0722. The maximum absolute atomic E-state index is 12.2. The molecule has 0 aliphatic rings. The first-order valence-corrected chi connectivity index (χ1v) is 9.96. The molecule has 28 heavy (non-hydrogen) atoms. The number of hydrogen-bond donors (Lipinski definition) is 1. The SMILES string of the molecule is O=C(COc1cccc2ccccc12)Nc1ncc(Cc2cccc(Cl)c2)s1. The summed E-state index contributed by atoms with van der Waals surface area (Å²) in [5.41, 5.74) is 1.10. The van der Waals surface area contributed by atoms with Crippen LogP contribution in [0.3, 0.4) is 0 Å². The number of nitrogens with zero attached hydrogens (tertiary/aromatic N) is 1. The molecule has 140 valence electrons. The largest absolute Gasteiger partial charge is 0.483 e. The van der Waals surface area contributed by atoms with Gasteiger partial charge in [-0.05, 0) is 29.1 Å². The fourth-order valence-electron chi connectivity index (χ4n) is 2.92. The highest BCUT2D eigenvalue weighted by Crippen LogP contribution is 2.25. The van der Waals surface area contributed by atoms with Crippen molar-refractivity contribution in [3.63, 3.8) is 0 Å². The molecule has 3 aromatic carbocycles.